The third-order valence-corrected chi connectivity index (χ3v) is 5.86. The molecule has 10 nitrogen and oxygen atoms in total. The van der Waals surface area contributed by atoms with Crippen LogP contribution in [0.3, 0.4) is 0 Å². The number of hydrogen-bond acceptors (Lipinski definition) is 6. The van der Waals surface area contributed by atoms with Crippen LogP contribution in [0.5, 0.6) is 11.5 Å². The van der Waals surface area contributed by atoms with Crippen molar-refractivity contribution in [3.8, 4) is 11.5 Å². The number of nitrogens with zero attached hydrogens (tertiary/aromatic N) is 1. The Morgan fingerprint density at radius 2 is 1.97 bits per heavy atom. The first-order valence-electron chi connectivity index (χ1n) is 10.0. The van der Waals surface area contributed by atoms with Crippen LogP contribution in [0, 0.1) is 5.92 Å². The predicted molar refractivity (Wildman–Crippen MR) is 105 cm³/mol. The van der Waals surface area contributed by atoms with Crippen LogP contribution >= 0.6 is 0 Å². The van der Waals surface area contributed by atoms with Gasteiger partial charge in [-0.05, 0) is 30.9 Å². The van der Waals surface area contributed by atoms with E-state index >= 15 is 0 Å². The summed E-state index contributed by atoms with van der Waals surface area (Å²) in [6, 6.07) is 3.48. The zero-order chi connectivity index (χ0) is 21.3. The highest BCUT2D eigenvalue weighted by atomic mass is 16.6. The molecule has 1 saturated heterocycles. The molecule has 30 heavy (non-hydrogen) atoms. The molecule has 1 spiro atoms. The minimum absolute atomic E-state index is 0.00531. The van der Waals surface area contributed by atoms with E-state index in [4.69, 9.17) is 9.47 Å². The van der Waals surface area contributed by atoms with Gasteiger partial charge in [0.25, 0.3) is 5.91 Å². The lowest BCUT2D eigenvalue weighted by molar-refractivity contribution is -0.137. The Bertz CT molecular complexity index is 903. The molecule has 0 radical (unpaired) electrons. The van der Waals surface area contributed by atoms with Crippen LogP contribution in [0.15, 0.2) is 18.2 Å². The second kappa shape index (κ2) is 7.85. The van der Waals surface area contributed by atoms with E-state index in [2.05, 4.69) is 16.0 Å². The van der Waals surface area contributed by atoms with Gasteiger partial charge >= 0.3 is 12.1 Å². The van der Waals surface area contributed by atoms with E-state index < -0.39 is 36.0 Å². The van der Waals surface area contributed by atoms with E-state index in [1.54, 1.807) is 18.2 Å². The molecular weight excluding hydrogens is 392 g/mol. The van der Waals surface area contributed by atoms with Gasteiger partial charge in [0.2, 0.25) is 5.91 Å². The van der Waals surface area contributed by atoms with Crippen molar-refractivity contribution < 1.29 is 28.7 Å². The summed E-state index contributed by atoms with van der Waals surface area (Å²) in [6.07, 6.45) is 3.24. The van der Waals surface area contributed by atoms with Crippen molar-refractivity contribution in [1.29, 1.82) is 0 Å². The smallest absolute Gasteiger partial charge is 0.325 e. The fourth-order valence-electron chi connectivity index (χ4n) is 4.23. The Kier molecular flexibility index (Phi) is 5.23. The first-order chi connectivity index (χ1) is 14.4. The Labute approximate surface area is 173 Å². The molecule has 0 bridgehead atoms. The van der Waals surface area contributed by atoms with Crippen LogP contribution in [-0.2, 0) is 9.59 Å². The number of ether oxygens (including phenoxy) is 2. The minimum Gasteiger partial charge on any atom is -0.486 e. The van der Waals surface area contributed by atoms with Crippen LogP contribution < -0.4 is 25.4 Å². The van der Waals surface area contributed by atoms with E-state index in [9.17, 15) is 19.2 Å². The largest absolute Gasteiger partial charge is 0.486 e. The third-order valence-electron chi connectivity index (χ3n) is 5.86. The van der Waals surface area contributed by atoms with Gasteiger partial charge in [-0.2, -0.15) is 0 Å². The second-order valence-electron chi connectivity index (χ2n) is 7.80. The molecule has 10 heteroatoms. The molecule has 0 aromatic heterocycles. The highest BCUT2D eigenvalue weighted by Gasteiger charge is 2.55. The number of nitrogens with one attached hydrogen (secondary N) is 3. The van der Waals surface area contributed by atoms with Crippen molar-refractivity contribution in [3.05, 3.63) is 18.2 Å². The molecule has 6 amide bonds. The minimum atomic E-state index is -0.941. The number of hydrogen-bond donors (Lipinski definition) is 3. The molecule has 1 aliphatic carbocycles. The molecule has 1 aromatic rings. The molecule has 3 aliphatic rings. The van der Waals surface area contributed by atoms with Gasteiger partial charge in [-0.3, -0.25) is 19.8 Å². The number of amides is 6. The van der Waals surface area contributed by atoms with Crippen molar-refractivity contribution in [1.82, 2.24) is 15.5 Å². The maximum absolute atomic E-state index is 12.9. The van der Waals surface area contributed by atoms with E-state index in [0.29, 0.717) is 36.8 Å². The Balaban J connectivity index is 1.34. The van der Waals surface area contributed by atoms with Crippen molar-refractivity contribution in [2.75, 3.05) is 25.1 Å². The molecule has 2 aliphatic heterocycles. The molecule has 2 atom stereocenters. The number of benzene rings is 1. The molecule has 160 valence electrons. The molecule has 0 unspecified atom stereocenters. The van der Waals surface area contributed by atoms with Crippen molar-refractivity contribution in [2.45, 2.75) is 38.1 Å². The summed E-state index contributed by atoms with van der Waals surface area (Å²) in [4.78, 5) is 50.6. The molecule has 2 fully saturated rings. The Morgan fingerprint density at radius 1 is 1.20 bits per heavy atom. The Hall–Kier alpha value is -3.30. The maximum atomic E-state index is 12.9. The van der Waals surface area contributed by atoms with E-state index in [-0.39, 0.29) is 5.92 Å². The zero-order valence-electron chi connectivity index (χ0n) is 16.7. The predicted octanol–water partition coefficient (Wildman–Crippen LogP) is 1.61. The van der Waals surface area contributed by atoms with Crippen LogP contribution in [0.1, 0.15) is 32.6 Å². The fraction of sp³-hybridized carbons (Fsp3) is 0.500. The maximum Gasteiger partial charge on any atom is 0.325 e. The van der Waals surface area contributed by atoms with E-state index in [1.165, 1.54) is 0 Å². The Morgan fingerprint density at radius 3 is 2.73 bits per heavy atom. The summed E-state index contributed by atoms with van der Waals surface area (Å²) in [5.74, 6) is -0.0882. The number of carbonyl (C=O) groups is 4. The zero-order valence-corrected chi connectivity index (χ0v) is 16.7. The summed E-state index contributed by atoms with van der Waals surface area (Å²) >= 11 is 0. The molecule has 1 aromatic carbocycles. The van der Waals surface area contributed by atoms with E-state index in [1.807, 2.05) is 6.92 Å². The van der Waals surface area contributed by atoms with Crippen LogP contribution in [-0.4, -0.2) is 54.1 Å². The second-order valence-corrected chi connectivity index (χ2v) is 7.80. The number of rotatable bonds is 3. The monoisotopic (exact) mass is 416 g/mol. The molecule has 4 rings (SSSR count). The lowest BCUT2D eigenvalue weighted by Crippen LogP contribution is -2.54. The molecule has 3 N–H and O–H groups in total. The van der Waals surface area contributed by atoms with Crippen LogP contribution in [0.4, 0.5) is 15.3 Å². The van der Waals surface area contributed by atoms with Gasteiger partial charge in [-0.25, -0.2) is 9.59 Å². The van der Waals surface area contributed by atoms with Gasteiger partial charge in [0.15, 0.2) is 11.5 Å². The highest BCUT2D eigenvalue weighted by molar-refractivity contribution is 6.10. The SMILES string of the molecule is C[C@H]1CCCC[C@]12NC(=O)N(CC(=O)NC(=O)Nc1ccc3c(c1)OCCO3)C2=O. The normalized spacial score (nSPS) is 25.1. The van der Waals surface area contributed by atoms with Crippen LogP contribution in [0.2, 0.25) is 0 Å². The van der Waals surface area contributed by atoms with Crippen LogP contribution in [0.25, 0.3) is 0 Å². The quantitative estimate of drug-likeness (QED) is 0.643. The summed E-state index contributed by atoms with van der Waals surface area (Å²) in [5.41, 5.74) is -0.530. The third kappa shape index (κ3) is 3.64. The average molecular weight is 416 g/mol. The molecule has 2 heterocycles. The van der Waals surface area contributed by atoms with E-state index in [0.717, 1.165) is 24.2 Å². The topological polar surface area (TPSA) is 126 Å². The van der Waals surface area contributed by atoms with Crippen molar-refractivity contribution in [2.24, 2.45) is 5.92 Å². The summed E-state index contributed by atoms with van der Waals surface area (Å²) in [6.45, 7) is 2.28. The number of carbonyl (C=O) groups excluding carboxylic acids is 4. The van der Waals surface area contributed by atoms with Gasteiger partial charge in [0, 0.05) is 11.8 Å². The standard InChI is InChI=1S/C20H24N4O6/c1-12-4-2-3-7-20(12)17(26)24(19(28)23-20)11-16(25)22-18(27)21-13-5-6-14-15(10-13)30-9-8-29-14/h5-6,10,12H,2-4,7-9,11H2,1H3,(H,23,28)(H2,21,22,25,27)/t12-,20-/m0/s1. The summed E-state index contributed by atoms with van der Waals surface area (Å²) in [7, 11) is 0. The van der Waals surface area contributed by atoms with Gasteiger partial charge in [0.05, 0.1) is 0 Å². The highest BCUT2D eigenvalue weighted by Crippen LogP contribution is 2.38. The lowest BCUT2D eigenvalue weighted by atomic mass is 9.73. The number of fused-ring (bicyclic) bond motifs is 1. The van der Waals surface area contributed by atoms with Gasteiger partial charge in [0.1, 0.15) is 25.3 Å². The first kappa shape index (κ1) is 20.0. The van der Waals surface area contributed by atoms with Gasteiger partial charge < -0.3 is 20.1 Å². The number of urea groups is 2. The summed E-state index contributed by atoms with van der Waals surface area (Å²) < 4.78 is 10.9. The van der Waals surface area contributed by atoms with Crippen molar-refractivity contribution >= 4 is 29.6 Å². The number of imide groups is 2. The average Bonchev–Trinajstić information content (AvgIpc) is 2.95. The molecule has 1 saturated carbocycles. The van der Waals surface area contributed by atoms with Gasteiger partial charge in [-0.1, -0.05) is 19.8 Å². The molecular formula is C20H24N4O6. The van der Waals surface area contributed by atoms with Crippen molar-refractivity contribution in [3.63, 3.8) is 0 Å². The first-order valence-corrected chi connectivity index (χ1v) is 10.0. The summed E-state index contributed by atoms with van der Waals surface area (Å²) in [5, 5.41) is 7.45. The number of anilines is 1. The fourth-order valence-corrected chi connectivity index (χ4v) is 4.23. The lowest BCUT2D eigenvalue weighted by Gasteiger charge is -2.36. The van der Waals surface area contributed by atoms with Gasteiger partial charge in [-0.15, -0.1) is 0 Å².